The lowest BCUT2D eigenvalue weighted by molar-refractivity contribution is 0.221. The Balaban J connectivity index is 0.00000289. The standard InChI is InChI=1S/C25H31N5O.HI/c1-26-25(28-17-23-19-31-24(29-23)22-8-4-2-5-9-22)27-16-20-10-12-21(13-11-20)18-30-14-6-3-7-15-30;/h2,4-5,8-13,19H,3,6-7,14-18H2,1H3,(H2,26,27,28);1H. The third-order valence-corrected chi connectivity index (χ3v) is 5.57. The number of rotatable bonds is 7. The van der Waals surface area contributed by atoms with Crippen LogP contribution in [0.5, 0.6) is 0 Å². The zero-order chi connectivity index (χ0) is 21.3. The highest BCUT2D eigenvalue weighted by atomic mass is 127. The highest BCUT2D eigenvalue weighted by Gasteiger charge is 2.10. The van der Waals surface area contributed by atoms with Gasteiger partial charge in [-0.2, -0.15) is 0 Å². The molecule has 0 aliphatic carbocycles. The van der Waals surface area contributed by atoms with Gasteiger partial charge in [0.25, 0.3) is 0 Å². The molecule has 32 heavy (non-hydrogen) atoms. The van der Waals surface area contributed by atoms with Crippen molar-refractivity contribution in [2.75, 3.05) is 20.1 Å². The fourth-order valence-electron chi connectivity index (χ4n) is 3.82. The van der Waals surface area contributed by atoms with Crippen molar-refractivity contribution in [2.45, 2.75) is 38.9 Å². The van der Waals surface area contributed by atoms with Crippen LogP contribution >= 0.6 is 24.0 Å². The monoisotopic (exact) mass is 545 g/mol. The van der Waals surface area contributed by atoms with Gasteiger partial charge in [-0.3, -0.25) is 9.89 Å². The maximum absolute atomic E-state index is 5.60. The van der Waals surface area contributed by atoms with E-state index in [2.05, 4.69) is 49.8 Å². The number of hydrogen-bond acceptors (Lipinski definition) is 4. The molecule has 0 radical (unpaired) electrons. The molecular formula is C25H32IN5O. The zero-order valence-corrected chi connectivity index (χ0v) is 20.9. The second kappa shape index (κ2) is 12.6. The number of piperidine rings is 1. The van der Waals surface area contributed by atoms with Crippen molar-refractivity contribution >= 4 is 29.9 Å². The van der Waals surface area contributed by atoms with Gasteiger partial charge in [0.15, 0.2) is 5.96 Å². The molecular weight excluding hydrogens is 513 g/mol. The van der Waals surface area contributed by atoms with Crippen LogP contribution in [0.4, 0.5) is 0 Å². The minimum absolute atomic E-state index is 0. The predicted molar refractivity (Wildman–Crippen MR) is 140 cm³/mol. The summed E-state index contributed by atoms with van der Waals surface area (Å²) in [5.41, 5.74) is 4.43. The minimum atomic E-state index is 0. The van der Waals surface area contributed by atoms with Crippen molar-refractivity contribution < 1.29 is 4.42 Å². The highest BCUT2D eigenvalue weighted by molar-refractivity contribution is 14.0. The minimum Gasteiger partial charge on any atom is -0.444 e. The third-order valence-electron chi connectivity index (χ3n) is 5.57. The van der Waals surface area contributed by atoms with Crippen LogP contribution in [0.25, 0.3) is 11.5 Å². The first-order valence-electron chi connectivity index (χ1n) is 11.0. The largest absolute Gasteiger partial charge is 0.444 e. The van der Waals surface area contributed by atoms with Crippen molar-refractivity contribution in [3.63, 3.8) is 0 Å². The first kappa shape index (κ1) is 24.3. The van der Waals surface area contributed by atoms with Gasteiger partial charge in [0, 0.05) is 25.7 Å². The fourth-order valence-corrected chi connectivity index (χ4v) is 3.82. The summed E-state index contributed by atoms with van der Waals surface area (Å²) in [7, 11) is 1.77. The molecule has 2 N–H and O–H groups in total. The van der Waals surface area contributed by atoms with Crippen LogP contribution < -0.4 is 10.6 Å². The number of nitrogens with zero attached hydrogens (tertiary/aromatic N) is 3. The third kappa shape index (κ3) is 7.06. The lowest BCUT2D eigenvalue weighted by Gasteiger charge is -2.26. The number of guanidine groups is 1. The van der Waals surface area contributed by atoms with E-state index in [0.717, 1.165) is 30.3 Å². The van der Waals surface area contributed by atoms with Crippen molar-refractivity contribution in [1.82, 2.24) is 20.5 Å². The molecule has 0 amide bonds. The Morgan fingerprint density at radius 2 is 1.62 bits per heavy atom. The van der Waals surface area contributed by atoms with E-state index in [1.54, 1.807) is 13.3 Å². The maximum Gasteiger partial charge on any atom is 0.226 e. The number of nitrogens with one attached hydrogen (secondary N) is 2. The Kier molecular flexibility index (Phi) is 9.55. The van der Waals surface area contributed by atoms with Crippen LogP contribution in [-0.4, -0.2) is 36.0 Å². The SMILES string of the molecule is CN=C(NCc1ccc(CN2CCCCC2)cc1)NCc1coc(-c2ccccc2)n1.I. The quantitative estimate of drug-likeness (QED) is 0.254. The average molecular weight is 545 g/mol. The molecule has 1 aromatic heterocycles. The van der Waals surface area contributed by atoms with Crippen LogP contribution in [-0.2, 0) is 19.6 Å². The number of aromatic nitrogens is 1. The normalized spacial score (nSPS) is 14.6. The number of halogens is 1. The molecule has 4 rings (SSSR count). The van der Waals surface area contributed by atoms with E-state index in [1.165, 1.54) is 43.5 Å². The molecule has 1 saturated heterocycles. The van der Waals surface area contributed by atoms with Gasteiger partial charge < -0.3 is 15.1 Å². The molecule has 1 aliphatic heterocycles. The second-order valence-corrected chi connectivity index (χ2v) is 7.94. The van der Waals surface area contributed by atoms with Crippen LogP contribution in [0.15, 0.2) is 70.3 Å². The molecule has 0 atom stereocenters. The summed E-state index contributed by atoms with van der Waals surface area (Å²) in [6.07, 6.45) is 5.72. The molecule has 2 aromatic carbocycles. The van der Waals surface area contributed by atoms with Gasteiger partial charge >= 0.3 is 0 Å². The van der Waals surface area contributed by atoms with Crippen molar-refractivity contribution in [3.8, 4) is 11.5 Å². The maximum atomic E-state index is 5.60. The number of benzene rings is 2. The van der Waals surface area contributed by atoms with E-state index >= 15 is 0 Å². The molecule has 0 spiro atoms. The van der Waals surface area contributed by atoms with Crippen LogP contribution in [0.1, 0.15) is 36.1 Å². The van der Waals surface area contributed by atoms with Gasteiger partial charge in [-0.15, -0.1) is 24.0 Å². The molecule has 2 heterocycles. The first-order chi connectivity index (χ1) is 15.3. The Labute approximate surface area is 207 Å². The highest BCUT2D eigenvalue weighted by Crippen LogP contribution is 2.18. The van der Waals surface area contributed by atoms with E-state index in [1.807, 2.05) is 30.3 Å². The molecule has 0 saturated carbocycles. The lowest BCUT2D eigenvalue weighted by atomic mass is 10.1. The lowest BCUT2D eigenvalue weighted by Crippen LogP contribution is -2.36. The fraction of sp³-hybridized carbons (Fsp3) is 0.360. The molecule has 1 aliphatic rings. The topological polar surface area (TPSA) is 65.7 Å². The second-order valence-electron chi connectivity index (χ2n) is 7.94. The van der Waals surface area contributed by atoms with E-state index in [9.17, 15) is 0 Å². The molecule has 0 bridgehead atoms. The summed E-state index contributed by atoms with van der Waals surface area (Å²) >= 11 is 0. The number of hydrogen-bond donors (Lipinski definition) is 2. The van der Waals surface area contributed by atoms with Crippen LogP contribution in [0, 0.1) is 0 Å². The summed E-state index contributed by atoms with van der Waals surface area (Å²) < 4.78 is 5.60. The van der Waals surface area contributed by atoms with E-state index in [4.69, 9.17) is 4.42 Å². The van der Waals surface area contributed by atoms with Gasteiger partial charge in [-0.25, -0.2) is 4.98 Å². The Morgan fingerprint density at radius 3 is 2.34 bits per heavy atom. The number of oxazole rings is 1. The molecule has 6 nitrogen and oxygen atoms in total. The zero-order valence-electron chi connectivity index (χ0n) is 18.6. The Bertz CT molecular complexity index is 966. The summed E-state index contributed by atoms with van der Waals surface area (Å²) in [6, 6.07) is 18.8. The van der Waals surface area contributed by atoms with E-state index < -0.39 is 0 Å². The van der Waals surface area contributed by atoms with Gasteiger partial charge in [0.05, 0.1) is 12.2 Å². The van der Waals surface area contributed by atoms with E-state index in [0.29, 0.717) is 12.4 Å². The van der Waals surface area contributed by atoms with Gasteiger partial charge in [0.1, 0.15) is 6.26 Å². The van der Waals surface area contributed by atoms with E-state index in [-0.39, 0.29) is 24.0 Å². The summed E-state index contributed by atoms with van der Waals surface area (Å²) in [5.74, 6) is 1.37. The number of likely N-dealkylation sites (tertiary alicyclic amines) is 1. The molecule has 0 unspecified atom stereocenters. The van der Waals surface area contributed by atoms with Crippen molar-refractivity contribution in [3.05, 3.63) is 77.7 Å². The first-order valence-corrected chi connectivity index (χ1v) is 11.0. The summed E-state index contributed by atoms with van der Waals surface area (Å²) in [6.45, 7) is 4.77. The predicted octanol–water partition coefficient (Wildman–Crippen LogP) is 4.81. The molecule has 1 fully saturated rings. The number of aliphatic imine (C=N–C) groups is 1. The average Bonchev–Trinajstić information content (AvgIpc) is 3.31. The summed E-state index contributed by atoms with van der Waals surface area (Å²) in [5, 5.41) is 6.66. The van der Waals surface area contributed by atoms with Gasteiger partial charge in [-0.05, 0) is 49.2 Å². The van der Waals surface area contributed by atoms with Crippen LogP contribution in [0.3, 0.4) is 0 Å². The molecule has 7 heteroatoms. The smallest absolute Gasteiger partial charge is 0.226 e. The molecule has 3 aromatic rings. The van der Waals surface area contributed by atoms with Crippen LogP contribution in [0.2, 0.25) is 0 Å². The molecule has 170 valence electrons. The van der Waals surface area contributed by atoms with Gasteiger partial charge in [-0.1, -0.05) is 48.9 Å². The summed E-state index contributed by atoms with van der Waals surface area (Å²) in [4.78, 5) is 11.4. The van der Waals surface area contributed by atoms with Gasteiger partial charge in [0.2, 0.25) is 5.89 Å². The van der Waals surface area contributed by atoms with Crippen molar-refractivity contribution in [2.24, 2.45) is 4.99 Å². The Hall–Kier alpha value is -2.39. The van der Waals surface area contributed by atoms with Crippen molar-refractivity contribution in [1.29, 1.82) is 0 Å². The Morgan fingerprint density at radius 1 is 0.938 bits per heavy atom.